The van der Waals surface area contributed by atoms with Crippen molar-refractivity contribution in [3.05, 3.63) is 37.9 Å². The molecule has 0 fully saturated rings. The van der Waals surface area contributed by atoms with Crippen molar-refractivity contribution in [1.82, 2.24) is 0 Å². The quantitative estimate of drug-likeness (QED) is 0.631. The summed E-state index contributed by atoms with van der Waals surface area (Å²) >= 11 is 11.0. The standard InChI is InChI=1S/C7H3Cl2NO4/c8-3-1-4(7(11)12)6(10(13)14)5(9)2-3/h1-2H,(H,11,12). The van der Waals surface area contributed by atoms with Crippen LogP contribution in [0.2, 0.25) is 10.0 Å². The van der Waals surface area contributed by atoms with Gasteiger partial charge in [0.25, 0.3) is 0 Å². The molecule has 0 aliphatic rings. The average Bonchev–Trinajstić information content (AvgIpc) is 2.01. The topological polar surface area (TPSA) is 80.4 Å². The van der Waals surface area contributed by atoms with Gasteiger partial charge in [0, 0.05) is 5.02 Å². The number of aromatic carboxylic acids is 1. The highest BCUT2D eigenvalue weighted by atomic mass is 35.5. The van der Waals surface area contributed by atoms with E-state index in [1.54, 1.807) is 0 Å². The maximum Gasteiger partial charge on any atom is 0.342 e. The molecule has 0 aliphatic heterocycles. The SMILES string of the molecule is O=C(O)c1cc(Cl)cc(Cl)c1[N+](=O)[O-]. The maximum atomic E-state index is 10.6. The molecular weight excluding hydrogens is 233 g/mol. The molecule has 5 nitrogen and oxygen atoms in total. The lowest BCUT2D eigenvalue weighted by Crippen LogP contribution is -2.03. The summed E-state index contributed by atoms with van der Waals surface area (Å²) in [7, 11) is 0. The third-order valence-electron chi connectivity index (χ3n) is 1.44. The number of hydrogen-bond donors (Lipinski definition) is 1. The van der Waals surface area contributed by atoms with E-state index in [0.717, 1.165) is 12.1 Å². The predicted octanol–water partition coefficient (Wildman–Crippen LogP) is 2.60. The molecule has 0 heterocycles. The summed E-state index contributed by atoms with van der Waals surface area (Å²) in [6.07, 6.45) is 0. The van der Waals surface area contributed by atoms with Crippen molar-refractivity contribution < 1.29 is 14.8 Å². The Hall–Kier alpha value is -1.33. The fourth-order valence-corrected chi connectivity index (χ4v) is 1.48. The number of carbonyl (C=O) groups is 1. The molecular formula is C7H3Cl2NO4. The minimum absolute atomic E-state index is 0.0398. The molecule has 1 rings (SSSR count). The van der Waals surface area contributed by atoms with Gasteiger partial charge in [0.05, 0.1) is 4.92 Å². The molecule has 0 saturated heterocycles. The number of nitro benzene ring substituents is 1. The Kier molecular flexibility index (Phi) is 2.93. The third-order valence-corrected chi connectivity index (χ3v) is 1.95. The van der Waals surface area contributed by atoms with Crippen LogP contribution >= 0.6 is 23.2 Å². The summed E-state index contributed by atoms with van der Waals surface area (Å²) in [5.74, 6) is -1.44. The van der Waals surface area contributed by atoms with Crippen LogP contribution in [0.15, 0.2) is 12.1 Å². The van der Waals surface area contributed by atoms with Crippen LogP contribution in [0.25, 0.3) is 0 Å². The summed E-state index contributed by atoms with van der Waals surface area (Å²) in [5, 5.41) is 18.9. The van der Waals surface area contributed by atoms with Crippen molar-refractivity contribution in [3.63, 3.8) is 0 Å². The van der Waals surface area contributed by atoms with Crippen molar-refractivity contribution in [2.45, 2.75) is 0 Å². The normalized spacial score (nSPS) is 9.86. The van der Waals surface area contributed by atoms with E-state index in [-0.39, 0.29) is 10.0 Å². The Labute approximate surface area is 88.0 Å². The van der Waals surface area contributed by atoms with Gasteiger partial charge >= 0.3 is 11.7 Å². The van der Waals surface area contributed by atoms with Crippen LogP contribution in [0, 0.1) is 10.1 Å². The number of carboxylic acids is 1. The molecule has 74 valence electrons. The Morgan fingerprint density at radius 1 is 1.43 bits per heavy atom. The molecule has 0 unspecified atom stereocenters. The molecule has 0 radical (unpaired) electrons. The van der Waals surface area contributed by atoms with Crippen LogP contribution in [-0.2, 0) is 0 Å². The van der Waals surface area contributed by atoms with Gasteiger partial charge in [0.1, 0.15) is 10.6 Å². The first kappa shape index (κ1) is 10.7. The van der Waals surface area contributed by atoms with E-state index < -0.39 is 22.1 Å². The zero-order valence-corrected chi connectivity index (χ0v) is 8.04. The van der Waals surface area contributed by atoms with Gasteiger partial charge in [-0.15, -0.1) is 0 Å². The number of halogens is 2. The molecule has 0 amide bonds. The highest BCUT2D eigenvalue weighted by Gasteiger charge is 2.24. The predicted molar refractivity (Wildman–Crippen MR) is 50.1 cm³/mol. The van der Waals surface area contributed by atoms with E-state index in [2.05, 4.69) is 0 Å². The van der Waals surface area contributed by atoms with E-state index in [0.29, 0.717) is 0 Å². The molecule has 0 saturated carbocycles. The first-order chi connectivity index (χ1) is 6.43. The number of hydrogen-bond acceptors (Lipinski definition) is 3. The van der Waals surface area contributed by atoms with Crippen molar-refractivity contribution in [3.8, 4) is 0 Å². The molecule has 7 heteroatoms. The molecule has 0 aliphatic carbocycles. The second-order valence-electron chi connectivity index (χ2n) is 2.35. The summed E-state index contributed by atoms with van der Waals surface area (Å²) in [6, 6.07) is 2.10. The second kappa shape index (κ2) is 3.81. The third kappa shape index (κ3) is 1.94. The van der Waals surface area contributed by atoms with Crippen LogP contribution in [0.4, 0.5) is 5.69 Å². The molecule has 0 atom stereocenters. The van der Waals surface area contributed by atoms with E-state index in [4.69, 9.17) is 28.3 Å². The van der Waals surface area contributed by atoms with E-state index in [1.165, 1.54) is 0 Å². The van der Waals surface area contributed by atoms with Crippen molar-refractivity contribution in [2.24, 2.45) is 0 Å². The molecule has 1 N–H and O–H groups in total. The minimum Gasteiger partial charge on any atom is -0.477 e. The van der Waals surface area contributed by atoms with Gasteiger partial charge in [-0.1, -0.05) is 23.2 Å². The van der Waals surface area contributed by atoms with Gasteiger partial charge in [0.2, 0.25) is 0 Å². The Balaban J connectivity index is 3.52. The largest absolute Gasteiger partial charge is 0.477 e. The highest BCUT2D eigenvalue weighted by molar-refractivity contribution is 6.36. The molecule has 1 aromatic carbocycles. The van der Waals surface area contributed by atoms with Crippen molar-refractivity contribution in [2.75, 3.05) is 0 Å². The smallest absolute Gasteiger partial charge is 0.342 e. The van der Waals surface area contributed by atoms with Crippen molar-refractivity contribution in [1.29, 1.82) is 0 Å². The Morgan fingerprint density at radius 2 is 2.00 bits per heavy atom. The zero-order chi connectivity index (χ0) is 10.9. The van der Waals surface area contributed by atoms with Crippen LogP contribution < -0.4 is 0 Å². The number of benzene rings is 1. The molecule has 0 bridgehead atoms. The van der Waals surface area contributed by atoms with Gasteiger partial charge in [-0.2, -0.15) is 0 Å². The van der Waals surface area contributed by atoms with Crippen LogP contribution in [0.3, 0.4) is 0 Å². The van der Waals surface area contributed by atoms with Crippen LogP contribution in [0.5, 0.6) is 0 Å². The van der Waals surface area contributed by atoms with Crippen molar-refractivity contribution >= 4 is 34.9 Å². The lowest BCUT2D eigenvalue weighted by Gasteiger charge is -2.00. The van der Waals surface area contributed by atoms with Crippen LogP contribution in [0.1, 0.15) is 10.4 Å². The average molecular weight is 236 g/mol. The zero-order valence-electron chi connectivity index (χ0n) is 6.53. The number of carboxylic acid groups (broad SMARTS) is 1. The van der Waals surface area contributed by atoms with Gasteiger partial charge in [-0.3, -0.25) is 10.1 Å². The summed E-state index contributed by atoms with van der Waals surface area (Å²) in [4.78, 5) is 20.2. The summed E-state index contributed by atoms with van der Waals surface area (Å²) in [5.41, 5.74) is -1.17. The number of nitro groups is 1. The fraction of sp³-hybridized carbons (Fsp3) is 0. The Morgan fingerprint density at radius 3 is 2.43 bits per heavy atom. The molecule has 1 aromatic rings. The second-order valence-corrected chi connectivity index (χ2v) is 3.19. The molecule has 14 heavy (non-hydrogen) atoms. The maximum absolute atomic E-state index is 10.6. The lowest BCUT2D eigenvalue weighted by atomic mass is 10.2. The molecule has 0 aromatic heterocycles. The van der Waals surface area contributed by atoms with Gasteiger partial charge in [-0.05, 0) is 12.1 Å². The first-order valence-corrected chi connectivity index (χ1v) is 4.06. The molecule has 0 spiro atoms. The summed E-state index contributed by atoms with van der Waals surface area (Å²) < 4.78 is 0. The number of rotatable bonds is 2. The van der Waals surface area contributed by atoms with Gasteiger partial charge < -0.3 is 5.11 Å². The Bertz CT molecular complexity index is 418. The number of nitrogens with zero attached hydrogens (tertiary/aromatic N) is 1. The van der Waals surface area contributed by atoms with Gasteiger partial charge in [0.15, 0.2) is 0 Å². The fourth-order valence-electron chi connectivity index (χ4n) is 0.915. The highest BCUT2D eigenvalue weighted by Crippen LogP contribution is 2.31. The van der Waals surface area contributed by atoms with E-state index in [9.17, 15) is 14.9 Å². The minimum atomic E-state index is -1.44. The van der Waals surface area contributed by atoms with Gasteiger partial charge in [-0.25, -0.2) is 4.79 Å². The van der Waals surface area contributed by atoms with E-state index >= 15 is 0 Å². The van der Waals surface area contributed by atoms with E-state index in [1.807, 2.05) is 0 Å². The first-order valence-electron chi connectivity index (χ1n) is 3.30. The van der Waals surface area contributed by atoms with Crippen LogP contribution in [-0.4, -0.2) is 16.0 Å². The monoisotopic (exact) mass is 235 g/mol. The summed E-state index contributed by atoms with van der Waals surface area (Å²) in [6.45, 7) is 0. The lowest BCUT2D eigenvalue weighted by molar-refractivity contribution is -0.385.